The molecular weight excluding hydrogens is 542 g/mol. The van der Waals surface area contributed by atoms with Gasteiger partial charge in [-0.25, -0.2) is 14.8 Å². The van der Waals surface area contributed by atoms with Crippen molar-refractivity contribution in [2.24, 2.45) is 10.9 Å². The molecule has 2 aliphatic heterocycles. The highest BCUT2D eigenvalue weighted by atomic mass is 32.1. The minimum absolute atomic E-state index is 0.0734. The van der Waals surface area contributed by atoms with Gasteiger partial charge in [-0.1, -0.05) is 30.3 Å². The Labute approximate surface area is 240 Å². The molecular formula is C30H29N5O5S. The Morgan fingerprint density at radius 3 is 2.63 bits per heavy atom. The van der Waals surface area contributed by atoms with E-state index in [0.29, 0.717) is 30.5 Å². The highest BCUT2D eigenvalue weighted by molar-refractivity contribution is 7.11. The maximum Gasteiger partial charge on any atom is 0.410 e. The van der Waals surface area contributed by atoms with Gasteiger partial charge >= 0.3 is 6.09 Å². The van der Waals surface area contributed by atoms with Gasteiger partial charge in [-0.15, -0.1) is 11.3 Å². The zero-order chi connectivity index (χ0) is 28.3. The van der Waals surface area contributed by atoms with E-state index in [9.17, 15) is 14.4 Å². The quantitative estimate of drug-likeness (QED) is 0.343. The Morgan fingerprint density at radius 2 is 1.85 bits per heavy atom. The molecule has 0 saturated carbocycles. The van der Waals surface area contributed by atoms with E-state index in [1.165, 1.54) is 23.3 Å². The first-order valence-corrected chi connectivity index (χ1v) is 14.3. The summed E-state index contributed by atoms with van der Waals surface area (Å²) in [6, 6.07) is 15.9. The molecule has 1 atom stereocenters. The number of nitrogens with zero attached hydrogens (tertiary/aromatic N) is 5. The average molecular weight is 572 g/mol. The second kappa shape index (κ2) is 11.5. The number of furan rings is 1. The molecule has 1 saturated heterocycles. The molecule has 0 bridgehead atoms. The first kappa shape index (κ1) is 26.7. The van der Waals surface area contributed by atoms with E-state index in [0.717, 1.165) is 34.1 Å². The molecule has 0 radical (unpaired) electrons. The molecule has 4 aromatic rings. The van der Waals surface area contributed by atoms with E-state index in [4.69, 9.17) is 14.1 Å². The zero-order valence-electron chi connectivity index (χ0n) is 22.6. The fourth-order valence-electron chi connectivity index (χ4n) is 5.35. The first-order chi connectivity index (χ1) is 20.0. The Morgan fingerprint density at radius 1 is 1.05 bits per heavy atom. The molecule has 0 aliphatic carbocycles. The molecule has 10 nitrogen and oxygen atoms in total. The third-order valence-corrected chi connectivity index (χ3v) is 8.30. The second-order valence-electron chi connectivity index (χ2n) is 10.1. The summed E-state index contributed by atoms with van der Waals surface area (Å²) in [6.45, 7) is 1.87. The van der Waals surface area contributed by atoms with Crippen molar-refractivity contribution in [2.45, 2.75) is 12.8 Å². The van der Waals surface area contributed by atoms with E-state index in [1.807, 2.05) is 42.5 Å². The standard InChI is InChI=1S/C30H29N5O5S/c1-39-30(38)34-13-9-26(36)35(18-20-8-12-33(17-20)29(37)28-31-11-15-41-28)27(32-19-34)22-4-2-21(3-5-22)23-6-7-25-24(16-23)10-14-40-25/h2-7,10-11,14-16,20H,8-9,12-13,17-19H2,1H3/b32-27-/t20-/m1/s1. The molecule has 210 valence electrons. The lowest BCUT2D eigenvalue weighted by atomic mass is 10.0. The number of thiazole rings is 1. The largest absolute Gasteiger partial charge is 0.464 e. The molecule has 4 heterocycles. The van der Waals surface area contributed by atoms with Crippen molar-refractivity contribution in [1.29, 1.82) is 0 Å². The average Bonchev–Trinajstić information content (AvgIpc) is 3.78. The van der Waals surface area contributed by atoms with Crippen LogP contribution in [0, 0.1) is 5.92 Å². The normalized spacial score (nSPS) is 19.1. The fraction of sp³-hybridized carbons (Fsp3) is 0.300. The maximum absolute atomic E-state index is 13.6. The van der Waals surface area contributed by atoms with Crippen LogP contribution in [0.25, 0.3) is 22.1 Å². The molecule has 2 aromatic heterocycles. The van der Waals surface area contributed by atoms with Gasteiger partial charge < -0.3 is 14.1 Å². The van der Waals surface area contributed by atoms with Crippen LogP contribution in [-0.2, 0) is 9.53 Å². The third-order valence-electron chi connectivity index (χ3n) is 7.53. The van der Waals surface area contributed by atoms with E-state index >= 15 is 0 Å². The summed E-state index contributed by atoms with van der Waals surface area (Å²) in [7, 11) is 1.32. The van der Waals surface area contributed by atoms with Crippen molar-refractivity contribution in [3.8, 4) is 11.1 Å². The van der Waals surface area contributed by atoms with Crippen LogP contribution in [0.5, 0.6) is 0 Å². The number of carbonyl (C=O) groups is 3. The molecule has 6 rings (SSSR count). The number of hydrogen-bond donors (Lipinski definition) is 0. The van der Waals surface area contributed by atoms with Crippen LogP contribution in [0.1, 0.15) is 28.2 Å². The molecule has 2 aromatic carbocycles. The van der Waals surface area contributed by atoms with E-state index in [1.54, 1.807) is 27.6 Å². The summed E-state index contributed by atoms with van der Waals surface area (Å²) in [5.41, 5.74) is 3.67. The van der Waals surface area contributed by atoms with Gasteiger partial charge in [0.25, 0.3) is 5.91 Å². The molecule has 41 heavy (non-hydrogen) atoms. The smallest absolute Gasteiger partial charge is 0.410 e. The van der Waals surface area contributed by atoms with Crippen LogP contribution in [0.4, 0.5) is 4.79 Å². The number of rotatable bonds is 5. The van der Waals surface area contributed by atoms with Gasteiger partial charge in [-0.3, -0.25) is 19.4 Å². The van der Waals surface area contributed by atoms with Crippen LogP contribution in [0.15, 0.2) is 75.8 Å². The van der Waals surface area contributed by atoms with Crippen LogP contribution >= 0.6 is 11.3 Å². The number of benzene rings is 2. The topological polar surface area (TPSA) is 109 Å². The number of ether oxygens (including phenoxy) is 1. The summed E-state index contributed by atoms with van der Waals surface area (Å²) in [6.07, 6.45) is 3.70. The Bertz CT molecular complexity index is 1600. The summed E-state index contributed by atoms with van der Waals surface area (Å²) >= 11 is 1.33. The number of carbonyl (C=O) groups excluding carboxylic acids is 3. The minimum Gasteiger partial charge on any atom is -0.464 e. The number of aromatic nitrogens is 1. The van der Waals surface area contributed by atoms with Crippen molar-refractivity contribution < 1.29 is 23.5 Å². The lowest BCUT2D eigenvalue weighted by Crippen LogP contribution is -2.46. The van der Waals surface area contributed by atoms with E-state index < -0.39 is 6.09 Å². The molecule has 1 fully saturated rings. The number of methoxy groups -OCH3 is 1. The molecule has 0 spiro atoms. The van der Waals surface area contributed by atoms with Crippen LogP contribution in [0.3, 0.4) is 0 Å². The van der Waals surface area contributed by atoms with Crippen molar-refractivity contribution >= 4 is 46.0 Å². The second-order valence-corrected chi connectivity index (χ2v) is 11.0. The van der Waals surface area contributed by atoms with Crippen molar-refractivity contribution in [3.05, 3.63) is 76.9 Å². The van der Waals surface area contributed by atoms with Crippen molar-refractivity contribution in [1.82, 2.24) is 19.7 Å². The van der Waals surface area contributed by atoms with Gasteiger partial charge in [0, 0.05) is 55.1 Å². The third kappa shape index (κ3) is 5.58. The zero-order valence-corrected chi connectivity index (χ0v) is 23.4. The predicted octanol–water partition coefficient (Wildman–Crippen LogP) is 4.72. The van der Waals surface area contributed by atoms with Gasteiger partial charge in [-0.2, -0.15) is 0 Å². The van der Waals surface area contributed by atoms with Crippen molar-refractivity contribution in [2.75, 3.05) is 40.0 Å². The van der Waals surface area contributed by atoms with Gasteiger partial charge in [0.15, 0.2) is 5.01 Å². The summed E-state index contributed by atoms with van der Waals surface area (Å²) in [5.74, 6) is 0.389. The first-order valence-electron chi connectivity index (χ1n) is 13.4. The molecule has 11 heteroatoms. The lowest BCUT2D eigenvalue weighted by molar-refractivity contribution is -0.128. The SMILES string of the molecule is COC(=O)N1CCC(=O)N(C[C@@H]2CCN(C(=O)c3nccs3)C2)/C(c2ccc(-c3ccc4occc4c3)cc2)=N\C1. The number of hydrogen-bond acceptors (Lipinski definition) is 8. The molecule has 3 amide bonds. The molecule has 0 unspecified atom stereocenters. The molecule has 2 aliphatic rings. The maximum atomic E-state index is 13.6. The van der Waals surface area contributed by atoms with Crippen LogP contribution in [-0.4, -0.2) is 83.4 Å². The fourth-order valence-corrected chi connectivity index (χ4v) is 5.95. The van der Waals surface area contributed by atoms with Crippen LogP contribution in [0.2, 0.25) is 0 Å². The lowest BCUT2D eigenvalue weighted by Gasteiger charge is -2.31. The summed E-state index contributed by atoms with van der Waals surface area (Å²) in [4.78, 5) is 52.5. The number of fused-ring (bicyclic) bond motifs is 1. The van der Waals surface area contributed by atoms with E-state index in [2.05, 4.69) is 11.1 Å². The monoisotopic (exact) mass is 571 g/mol. The van der Waals surface area contributed by atoms with Gasteiger partial charge in [0.05, 0.1) is 13.4 Å². The summed E-state index contributed by atoms with van der Waals surface area (Å²) < 4.78 is 10.4. The minimum atomic E-state index is -0.522. The predicted molar refractivity (Wildman–Crippen MR) is 155 cm³/mol. The van der Waals surface area contributed by atoms with Crippen molar-refractivity contribution in [3.63, 3.8) is 0 Å². The van der Waals surface area contributed by atoms with Gasteiger partial charge in [0.1, 0.15) is 18.1 Å². The number of aliphatic imine (C=N–C) groups is 1. The highest BCUT2D eigenvalue weighted by Crippen LogP contribution is 2.27. The Hall–Kier alpha value is -4.51. The van der Waals surface area contributed by atoms with E-state index in [-0.39, 0.29) is 37.4 Å². The highest BCUT2D eigenvalue weighted by Gasteiger charge is 2.33. The van der Waals surface area contributed by atoms with Crippen LogP contribution < -0.4 is 0 Å². The van der Waals surface area contributed by atoms with Gasteiger partial charge in [0.2, 0.25) is 5.91 Å². The Balaban J connectivity index is 1.26. The number of likely N-dealkylation sites (tertiary alicyclic amines) is 1. The number of amides is 3. The Kier molecular flexibility index (Phi) is 7.51. The molecule has 0 N–H and O–H groups in total. The number of amidine groups is 1. The van der Waals surface area contributed by atoms with Gasteiger partial charge in [-0.05, 0) is 41.7 Å². The summed E-state index contributed by atoms with van der Waals surface area (Å²) in [5, 5.41) is 3.29.